The minimum Gasteiger partial charge on any atom is -0.339 e. The Labute approximate surface area is 227 Å². The number of anilines is 1. The van der Waals surface area contributed by atoms with Crippen molar-refractivity contribution in [3.63, 3.8) is 0 Å². The molecule has 39 heavy (non-hydrogen) atoms. The molecule has 3 N–H and O–H groups in total. The molecule has 0 bridgehead atoms. The highest BCUT2D eigenvalue weighted by Gasteiger charge is 2.33. The van der Waals surface area contributed by atoms with Gasteiger partial charge in [0.15, 0.2) is 0 Å². The average molecular weight is 534 g/mol. The van der Waals surface area contributed by atoms with Gasteiger partial charge in [-0.2, -0.15) is 14.6 Å². The second-order valence-corrected chi connectivity index (χ2v) is 10.9. The standard InChI is InChI=1S/C29H36FN7O2/c1-17-7-9-21(10-8-17)26(34-28(38)23-13-15-31-37(23)16-14-20-5-4-6-20)29(39)33-24-12-11-22(27(30)32-24)25-18(2)35-36-19(25)3/h11-15,17,21,26H,4-10,16H2,1-3H3,(H,34,38)(H,35,36)(H,32,33,39)/t17?,21?,26-/m0/s1. The van der Waals surface area contributed by atoms with Crippen LogP contribution in [0.15, 0.2) is 36.0 Å². The summed E-state index contributed by atoms with van der Waals surface area (Å²) < 4.78 is 16.7. The average Bonchev–Trinajstić information content (AvgIpc) is 3.48. The highest BCUT2D eigenvalue weighted by atomic mass is 19.1. The maximum Gasteiger partial charge on any atom is 0.270 e. The second kappa shape index (κ2) is 11.5. The Kier molecular flexibility index (Phi) is 7.90. The Bertz CT molecular complexity index is 1360. The van der Waals surface area contributed by atoms with Crippen molar-refractivity contribution in [3.05, 3.63) is 59.1 Å². The van der Waals surface area contributed by atoms with Gasteiger partial charge >= 0.3 is 0 Å². The molecule has 5 rings (SSSR count). The van der Waals surface area contributed by atoms with E-state index in [4.69, 9.17) is 0 Å². The van der Waals surface area contributed by atoms with Crippen molar-refractivity contribution in [2.75, 3.05) is 5.32 Å². The van der Waals surface area contributed by atoms with E-state index < -0.39 is 17.9 Å². The lowest BCUT2D eigenvalue weighted by atomic mass is 9.79. The van der Waals surface area contributed by atoms with Gasteiger partial charge in [0.25, 0.3) is 5.91 Å². The molecular formula is C29H36FN7O2. The number of nitrogens with zero attached hydrogens (tertiary/aromatic N) is 4. The normalized spacial score (nSPS) is 19.7. The number of carbonyl (C=O) groups is 2. The third kappa shape index (κ3) is 5.94. The molecule has 0 aliphatic heterocycles. The van der Waals surface area contributed by atoms with Crippen molar-refractivity contribution in [1.82, 2.24) is 30.3 Å². The molecule has 3 heterocycles. The van der Waals surface area contributed by atoms with Crippen LogP contribution in [-0.2, 0) is 11.3 Å². The Hall–Kier alpha value is -3.82. The molecule has 2 fully saturated rings. The fourth-order valence-electron chi connectivity index (χ4n) is 5.55. The summed E-state index contributed by atoms with van der Waals surface area (Å²) in [6.07, 6.45) is 10.7. The Morgan fingerprint density at radius 3 is 2.59 bits per heavy atom. The SMILES string of the molecule is Cc1n[nH]c(C)c1-c1ccc(NC(=O)[C@@H](NC(=O)c2ccnn2CC=C2CCC2)C2CCC(C)CC2)nc1F. The van der Waals surface area contributed by atoms with Crippen molar-refractivity contribution in [2.24, 2.45) is 11.8 Å². The molecule has 2 aliphatic carbocycles. The van der Waals surface area contributed by atoms with Gasteiger partial charge in [-0.25, -0.2) is 4.98 Å². The number of aryl methyl sites for hydroxylation is 2. The predicted molar refractivity (Wildman–Crippen MR) is 146 cm³/mol. The monoisotopic (exact) mass is 533 g/mol. The minimum absolute atomic E-state index is 0.0287. The number of amides is 2. The maximum absolute atomic E-state index is 15.0. The molecule has 1 atom stereocenters. The second-order valence-electron chi connectivity index (χ2n) is 10.9. The minimum atomic E-state index is -0.777. The molecule has 10 heteroatoms. The maximum atomic E-state index is 15.0. The van der Waals surface area contributed by atoms with Crippen LogP contribution in [0.4, 0.5) is 10.2 Å². The summed E-state index contributed by atoms with van der Waals surface area (Å²) >= 11 is 0. The largest absolute Gasteiger partial charge is 0.339 e. The molecule has 0 saturated heterocycles. The number of rotatable bonds is 8. The molecule has 0 radical (unpaired) electrons. The number of pyridine rings is 1. The van der Waals surface area contributed by atoms with Gasteiger partial charge < -0.3 is 10.6 Å². The fourth-order valence-corrected chi connectivity index (χ4v) is 5.55. The summed E-state index contributed by atoms with van der Waals surface area (Å²) in [7, 11) is 0. The zero-order valence-corrected chi connectivity index (χ0v) is 22.8. The number of hydrogen-bond acceptors (Lipinski definition) is 5. The van der Waals surface area contributed by atoms with E-state index in [-0.39, 0.29) is 17.6 Å². The van der Waals surface area contributed by atoms with Crippen molar-refractivity contribution in [3.8, 4) is 11.1 Å². The van der Waals surface area contributed by atoms with E-state index in [9.17, 15) is 9.59 Å². The molecule has 2 aliphatic rings. The van der Waals surface area contributed by atoms with Gasteiger partial charge in [-0.05, 0) is 76.0 Å². The van der Waals surface area contributed by atoms with Gasteiger partial charge in [-0.15, -0.1) is 0 Å². The zero-order valence-electron chi connectivity index (χ0n) is 22.8. The van der Waals surface area contributed by atoms with E-state index in [0.717, 1.165) is 44.2 Å². The number of aromatic nitrogens is 5. The number of allylic oxidation sites excluding steroid dienone is 2. The lowest BCUT2D eigenvalue weighted by Gasteiger charge is -2.32. The van der Waals surface area contributed by atoms with E-state index in [1.165, 1.54) is 12.0 Å². The van der Waals surface area contributed by atoms with Crippen LogP contribution >= 0.6 is 0 Å². The molecule has 0 aromatic carbocycles. The lowest BCUT2D eigenvalue weighted by Crippen LogP contribution is -2.49. The molecule has 2 amide bonds. The number of carbonyl (C=O) groups excluding carboxylic acids is 2. The molecule has 0 spiro atoms. The van der Waals surface area contributed by atoms with Crippen LogP contribution in [0, 0.1) is 31.6 Å². The van der Waals surface area contributed by atoms with Crippen LogP contribution in [0.2, 0.25) is 0 Å². The molecule has 0 unspecified atom stereocenters. The van der Waals surface area contributed by atoms with Crippen molar-refractivity contribution >= 4 is 17.6 Å². The van der Waals surface area contributed by atoms with Gasteiger partial charge in [0.1, 0.15) is 17.6 Å². The van der Waals surface area contributed by atoms with Gasteiger partial charge in [0, 0.05) is 23.0 Å². The van der Waals surface area contributed by atoms with Crippen LogP contribution < -0.4 is 10.6 Å². The smallest absolute Gasteiger partial charge is 0.270 e. The third-order valence-electron chi connectivity index (χ3n) is 8.10. The van der Waals surface area contributed by atoms with E-state index in [1.807, 2.05) is 6.92 Å². The fraction of sp³-hybridized carbons (Fsp3) is 0.483. The zero-order chi connectivity index (χ0) is 27.5. The summed E-state index contributed by atoms with van der Waals surface area (Å²) in [6, 6.07) is 4.06. The number of aromatic amines is 1. The number of halogens is 1. The summed E-state index contributed by atoms with van der Waals surface area (Å²) in [5, 5.41) is 17.0. The molecule has 206 valence electrons. The highest BCUT2D eigenvalue weighted by Crippen LogP contribution is 2.32. The topological polar surface area (TPSA) is 118 Å². The molecule has 3 aromatic rings. The predicted octanol–water partition coefficient (Wildman–Crippen LogP) is 5.10. The quantitative estimate of drug-likeness (QED) is 0.275. The van der Waals surface area contributed by atoms with E-state index >= 15 is 4.39 Å². The summed E-state index contributed by atoms with van der Waals surface area (Å²) in [6.45, 7) is 6.34. The van der Waals surface area contributed by atoms with E-state index in [2.05, 4.69) is 43.9 Å². The lowest BCUT2D eigenvalue weighted by molar-refractivity contribution is -0.119. The Balaban J connectivity index is 1.33. The van der Waals surface area contributed by atoms with Crippen LogP contribution in [-0.4, -0.2) is 42.8 Å². The Morgan fingerprint density at radius 1 is 1.18 bits per heavy atom. The van der Waals surface area contributed by atoms with Gasteiger partial charge in [0.2, 0.25) is 11.9 Å². The van der Waals surface area contributed by atoms with Crippen LogP contribution in [0.25, 0.3) is 11.1 Å². The van der Waals surface area contributed by atoms with Gasteiger partial charge in [0.05, 0.1) is 12.2 Å². The first kappa shape index (κ1) is 26.8. The Morgan fingerprint density at radius 2 is 1.95 bits per heavy atom. The van der Waals surface area contributed by atoms with Crippen LogP contribution in [0.1, 0.15) is 73.7 Å². The van der Waals surface area contributed by atoms with Crippen molar-refractivity contribution in [2.45, 2.75) is 78.3 Å². The first-order chi connectivity index (χ1) is 18.8. The number of nitrogens with one attached hydrogen (secondary N) is 3. The summed E-state index contributed by atoms with van der Waals surface area (Å²) in [4.78, 5) is 30.9. The highest BCUT2D eigenvalue weighted by molar-refractivity contribution is 6.00. The number of H-pyrrole nitrogens is 1. The first-order valence-corrected chi connectivity index (χ1v) is 13.8. The van der Waals surface area contributed by atoms with E-state index in [0.29, 0.717) is 35.0 Å². The van der Waals surface area contributed by atoms with Gasteiger partial charge in [-0.3, -0.25) is 19.4 Å². The molecule has 2 saturated carbocycles. The molecular weight excluding hydrogens is 497 g/mol. The van der Waals surface area contributed by atoms with E-state index in [1.54, 1.807) is 36.0 Å². The number of hydrogen-bond donors (Lipinski definition) is 3. The van der Waals surface area contributed by atoms with Gasteiger partial charge in [-0.1, -0.05) is 31.4 Å². The summed E-state index contributed by atoms with van der Waals surface area (Å²) in [5.74, 6) is -0.795. The first-order valence-electron chi connectivity index (χ1n) is 13.8. The summed E-state index contributed by atoms with van der Waals surface area (Å²) in [5.41, 5.74) is 4.17. The van der Waals surface area contributed by atoms with Crippen LogP contribution in [0.5, 0.6) is 0 Å². The van der Waals surface area contributed by atoms with Crippen molar-refractivity contribution < 1.29 is 14.0 Å². The molecule has 3 aromatic heterocycles. The third-order valence-corrected chi connectivity index (χ3v) is 8.10. The van der Waals surface area contributed by atoms with Crippen LogP contribution in [0.3, 0.4) is 0 Å². The molecule has 9 nitrogen and oxygen atoms in total. The van der Waals surface area contributed by atoms with Crippen molar-refractivity contribution in [1.29, 1.82) is 0 Å².